The van der Waals surface area contributed by atoms with E-state index in [9.17, 15) is 9.59 Å². The molecule has 6 nitrogen and oxygen atoms in total. The largest absolute Gasteiger partial charge is 0.466 e. The Balaban J connectivity index is 1.97. The van der Waals surface area contributed by atoms with Gasteiger partial charge < -0.3 is 8.98 Å². The number of hydrogen-bond donors (Lipinski definition) is 0. The second-order valence-electron chi connectivity index (χ2n) is 7.82. The Morgan fingerprint density at radius 1 is 1.00 bits per heavy atom. The second kappa shape index (κ2) is 6.37. The first kappa shape index (κ1) is 17.8. The molecule has 0 spiro atoms. The molecule has 0 amide bonds. The minimum Gasteiger partial charge on any atom is -0.466 e. The van der Waals surface area contributed by atoms with Crippen molar-refractivity contribution in [1.29, 1.82) is 0 Å². The molecule has 3 aromatic heterocycles. The summed E-state index contributed by atoms with van der Waals surface area (Å²) in [5, 5.41) is 0.603. The normalized spacial score (nSPS) is 16.3. The highest BCUT2D eigenvalue weighted by Gasteiger charge is 2.33. The van der Waals surface area contributed by atoms with Gasteiger partial charge in [0.25, 0.3) is 5.56 Å². The maximum absolute atomic E-state index is 13.3. The number of rotatable bonds is 2. The van der Waals surface area contributed by atoms with Crippen LogP contribution in [0, 0.1) is 6.92 Å². The van der Waals surface area contributed by atoms with Crippen molar-refractivity contribution in [3.63, 3.8) is 0 Å². The number of aromatic nitrogens is 3. The van der Waals surface area contributed by atoms with Gasteiger partial charge in [-0.25, -0.2) is 4.79 Å². The van der Waals surface area contributed by atoms with Crippen molar-refractivity contribution in [3.05, 3.63) is 80.5 Å². The first-order valence-electron chi connectivity index (χ1n) is 9.93. The molecule has 6 heteroatoms. The zero-order valence-electron chi connectivity index (χ0n) is 16.8. The number of nitrogens with zero attached hydrogens (tertiary/aromatic N) is 3. The Morgan fingerprint density at radius 3 is 2.45 bits per heavy atom. The standard InChI is InChI=1S/C23H23N3O3/c1-14-11-12-17(29-14)16-10-7-13-26-19(15-8-5-4-6-9-15)18-21(20(16)26)24(2)23(28)25(3)22(18)27/h4-6,8-9,11-12,16H,7,10,13H2,1-3H3. The summed E-state index contributed by atoms with van der Waals surface area (Å²) in [4.78, 5) is 26.0. The molecular weight excluding hydrogens is 366 g/mol. The quantitative estimate of drug-likeness (QED) is 0.527. The van der Waals surface area contributed by atoms with Gasteiger partial charge in [0.2, 0.25) is 0 Å². The SMILES string of the molecule is Cc1ccc(C2CCCn3c(-c4ccccc4)c4c(=O)n(C)c(=O)n(C)c4c32)o1. The molecular formula is C23H23N3O3. The Labute approximate surface area is 167 Å². The van der Waals surface area contributed by atoms with Crippen LogP contribution in [0.15, 0.2) is 56.5 Å². The van der Waals surface area contributed by atoms with Crippen molar-refractivity contribution in [2.45, 2.75) is 32.2 Å². The van der Waals surface area contributed by atoms with Gasteiger partial charge in [0.1, 0.15) is 11.5 Å². The fourth-order valence-electron chi connectivity index (χ4n) is 4.73. The van der Waals surface area contributed by atoms with Gasteiger partial charge in [-0.1, -0.05) is 30.3 Å². The topological polar surface area (TPSA) is 62.1 Å². The van der Waals surface area contributed by atoms with Crippen LogP contribution in [0.2, 0.25) is 0 Å². The Bertz CT molecular complexity index is 1350. The summed E-state index contributed by atoms with van der Waals surface area (Å²) in [6.07, 6.45) is 1.90. The van der Waals surface area contributed by atoms with Gasteiger partial charge in [0, 0.05) is 20.6 Å². The molecule has 0 bridgehead atoms. The molecule has 1 aliphatic rings. The first-order valence-corrected chi connectivity index (χ1v) is 9.93. The van der Waals surface area contributed by atoms with Gasteiger partial charge in [0.15, 0.2) is 0 Å². The van der Waals surface area contributed by atoms with Crippen molar-refractivity contribution < 1.29 is 4.42 Å². The Morgan fingerprint density at radius 2 is 1.76 bits per heavy atom. The fraction of sp³-hybridized carbons (Fsp3) is 0.304. The summed E-state index contributed by atoms with van der Waals surface area (Å²) < 4.78 is 11.0. The van der Waals surface area contributed by atoms with Crippen molar-refractivity contribution in [2.24, 2.45) is 14.1 Å². The minimum atomic E-state index is -0.310. The molecule has 4 heterocycles. The summed E-state index contributed by atoms with van der Waals surface area (Å²) in [5.41, 5.74) is 3.02. The molecule has 1 aliphatic heterocycles. The van der Waals surface area contributed by atoms with Crippen LogP contribution in [0.25, 0.3) is 22.2 Å². The van der Waals surface area contributed by atoms with E-state index < -0.39 is 0 Å². The van der Waals surface area contributed by atoms with Crippen molar-refractivity contribution >= 4 is 10.9 Å². The zero-order valence-corrected chi connectivity index (χ0v) is 16.8. The fourth-order valence-corrected chi connectivity index (χ4v) is 4.73. The molecule has 0 saturated heterocycles. The summed E-state index contributed by atoms with van der Waals surface area (Å²) in [5.74, 6) is 1.76. The van der Waals surface area contributed by atoms with Gasteiger partial charge in [-0.15, -0.1) is 0 Å². The molecule has 0 fully saturated rings. The minimum absolute atomic E-state index is 0.00937. The zero-order chi connectivity index (χ0) is 20.3. The van der Waals surface area contributed by atoms with Crippen molar-refractivity contribution in [2.75, 3.05) is 0 Å². The smallest absolute Gasteiger partial charge is 0.331 e. The van der Waals surface area contributed by atoms with Crippen LogP contribution in [0.5, 0.6) is 0 Å². The van der Waals surface area contributed by atoms with Crippen LogP contribution in [-0.4, -0.2) is 13.7 Å². The van der Waals surface area contributed by atoms with Crippen LogP contribution < -0.4 is 11.2 Å². The number of aryl methyl sites for hydroxylation is 2. The lowest BCUT2D eigenvalue weighted by molar-refractivity contribution is 0.409. The third-order valence-corrected chi connectivity index (χ3v) is 6.06. The van der Waals surface area contributed by atoms with E-state index in [2.05, 4.69) is 4.57 Å². The van der Waals surface area contributed by atoms with Crippen LogP contribution in [0.4, 0.5) is 0 Å². The van der Waals surface area contributed by atoms with E-state index in [0.29, 0.717) is 5.39 Å². The predicted octanol–water partition coefficient (Wildman–Crippen LogP) is 3.53. The van der Waals surface area contributed by atoms with E-state index >= 15 is 0 Å². The lowest BCUT2D eigenvalue weighted by atomic mass is 9.93. The highest BCUT2D eigenvalue weighted by molar-refractivity contribution is 5.96. The number of furan rings is 1. The Hall–Kier alpha value is -3.28. The lowest BCUT2D eigenvalue weighted by Crippen LogP contribution is -2.37. The molecule has 0 N–H and O–H groups in total. The molecule has 5 rings (SSSR count). The molecule has 29 heavy (non-hydrogen) atoms. The average Bonchev–Trinajstić information content (AvgIpc) is 3.32. The predicted molar refractivity (Wildman–Crippen MR) is 112 cm³/mol. The van der Waals surface area contributed by atoms with Gasteiger partial charge in [-0.05, 0) is 37.5 Å². The van der Waals surface area contributed by atoms with Gasteiger partial charge in [-0.2, -0.15) is 0 Å². The summed E-state index contributed by atoms with van der Waals surface area (Å²) in [6, 6.07) is 13.9. The summed E-state index contributed by atoms with van der Waals surface area (Å²) in [6.45, 7) is 2.74. The lowest BCUT2D eigenvalue weighted by Gasteiger charge is -2.25. The van der Waals surface area contributed by atoms with E-state index in [0.717, 1.165) is 53.4 Å². The van der Waals surface area contributed by atoms with Crippen molar-refractivity contribution in [1.82, 2.24) is 13.7 Å². The van der Waals surface area contributed by atoms with Crippen molar-refractivity contribution in [3.8, 4) is 11.3 Å². The van der Waals surface area contributed by atoms with E-state index in [1.165, 1.54) is 4.57 Å². The van der Waals surface area contributed by atoms with Crippen LogP contribution in [0.3, 0.4) is 0 Å². The second-order valence-corrected chi connectivity index (χ2v) is 7.82. The van der Waals surface area contributed by atoms with E-state index in [-0.39, 0.29) is 17.2 Å². The third kappa shape index (κ3) is 2.48. The van der Waals surface area contributed by atoms with E-state index in [4.69, 9.17) is 4.42 Å². The number of benzene rings is 1. The summed E-state index contributed by atoms with van der Waals surface area (Å²) >= 11 is 0. The summed E-state index contributed by atoms with van der Waals surface area (Å²) in [7, 11) is 3.29. The number of fused-ring (bicyclic) bond motifs is 3. The molecule has 1 aromatic carbocycles. The molecule has 0 radical (unpaired) electrons. The van der Waals surface area contributed by atoms with Gasteiger partial charge in [-0.3, -0.25) is 13.9 Å². The maximum atomic E-state index is 13.3. The monoisotopic (exact) mass is 389 g/mol. The molecule has 0 aliphatic carbocycles. The van der Waals surface area contributed by atoms with Gasteiger partial charge in [0.05, 0.1) is 28.2 Å². The highest BCUT2D eigenvalue weighted by atomic mass is 16.3. The molecule has 1 unspecified atom stereocenters. The number of hydrogen-bond acceptors (Lipinski definition) is 3. The average molecular weight is 389 g/mol. The molecule has 0 saturated carbocycles. The van der Waals surface area contributed by atoms with Crippen LogP contribution >= 0.6 is 0 Å². The van der Waals surface area contributed by atoms with E-state index in [1.807, 2.05) is 49.4 Å². The molecule has 1 atom stereocenters. The highest BCUT2D eigenvalue weighted by Crippen LogP contribution is 2.43. The van der Waals surface area contributed by atoms with E-state index in [1.54, 1.807) is 18.7 Å². The third-order valence-electron chi connectivity index (χ3n) is 6.06. The molecule has 148 valence electrons. The Kier molecular flexibility index (Phi) is 3.91. The molecule has 4 aromatic rings. The first-order chi connectivity index (χ1) is 14.0. The maximum Gasteiger partial charge on any atom is 0.331 e. The van der Waals surface area contributed by atoms with Crippen LogP contribution in [0.1, 0.15) is 36.0 Å². The van der Waals surface area contributed by atoms with Gasteiger partial charge >= 0.3 is 5.69 Å². The van der Waals surface area contributed by atoms with Crippen LogP contribution in [-0.2, 0) is 20.6 Å².